The molecule has 4 rings (SSSR count). The molecule has 3 aromatic carbocycles. The molecule has 0 N–H and O–H groups in total. The van der Waals surface area contributed by atoms with Gasteiger partial charge in [-0.25, -0.2) is 22.6 Å². The van der Waals surface area contributed by atoms with Crippen molar-refractivity contribution < 1.29 is 27.1 Å². The van der Waals surface area contributed by atoms with E-state index >= 15 is 0 Å². The van der Waals surface area contributed by atoms with Crippen LogP contribution in [-0.4, -0.2) is 33.0 Å². The number of carbonyl (C=O) groups is 1. The van der Waals surface area contributed by atoms with Gasteiger partial charge in [0.1, 0.15) is 23.2 Å². The van der Waals surface area contributed by atoms with Crippen LogP contribution in [0.5, 0.6) is 5.75 Å². The summed E-state index contributed by atoms with van der Waals surface area (Å²) in [7, 11) is -2.45. The van der Waals surface area contributed by atoms with Crippen LogP contribution in [0.15, 0.2) is 89.1 Å². The van der Waals surface area contributed by atoms with Crippen LogP contribution in [0.4, 0.5) is 10.1 Å². The Morgan fingerprint density at radius 2 is 1.69 bits per heavy atom. The highest BCUT2D eigenvalue weighted by atomic mass is 32.2. The van der Waals surface area contributed by atoms with Crippen LogP contribution in [0.2, 0.25) is 0 Å². The maximum atomic E-state index is 13.1. The molecule has 0 unspecified atom stereocenters. The maximum Gasteiger partial charge on any atom is 0.344 e. The standard InChI is InChI=1S/C25H21FN2O5S2/c1-28(35(30,31)23-13-7-19(26)8-14-23)21-9-11-22(12-10-21)32-16-24(29)33-15-20-17-34-25(27-20)18-5-3-2-4-6-18/h2-14,17H,15-16H2,1H3. The average Bonchev–Trinajstić information content (AvgIpc) is 3.36. The van der Waals surface area contributed by atoms with Crippen LogP contribution in [0.1, 0.15) is 5.69 Å². The van der Waals surface area contributed by atoms with E-state index in [2.05, 4.69) is 4.98 Å². The number of aromatic nitrogens is 1. The molecule has 0 saturated carbocycles. The molecule has 0 amide bonds. The molecule has 0 radical (unpaired) electrons. The van der Waals surface area contributed by atoms with Crippen LogP contribution in [0.3, 0.4) is 0 Å². The van der Waals surface area contributed by atoms with Gasteiger partial charge in [0.25, 0.3) is 10.0 Å². The number of nitrogens with zero attached hydrogens (tertiary/aromatic N) is 2. The van der Waals surface area contributed by atoms with Crippen LogP contribution >= 0.6 is 11.3 Å². The minimum absolute atomic E-state index is 0.0273. The third-order valence-electron chi connectivity index (χ3n) is 4.98. The zero-order valence-electron chi connectivity index (χ0n) is 18.6. The summed E-state index contributed by atoms with van der Waals surface area (Å²) in [6.07, 6.45) is 0. The maximum absolute atomic E-state index is 13.1. The monoisotopic (exact) mass is 512 g/mol. The van der Waals surface area contributed by atoms with Crippen molar-refractivity contribution in [1.82, 2.24) is 4.98 Å². The van der Waals surface area contributed by atoms with Gasteiger partial charge in [-0.1, -0.05) is 30.3 Å². The SMILES string of the molecule is CN(c1ccc(OCC(=O)OCc2csc(-c3ccccc3)n2)cc1)S(=O)(=O)c1ccc(F)cc1. The third kappa shape index (κ3) is 6.03. The second-order valence-corrected chi connectivity index (χ2v) is 10.2. The van der Waals surface area contributed by atoms with Crippen molar-refractivity contribution in [2.45, 2.75) is 11.5 Å². The summed E-state index contributed by atoms with van der Waals surface area (Å²) in [6, 6.07) is 20.5. The fourth-order valence-corrected chi connectivity index (χ4v) is 5.09. The van der Waals surface area contributed by atoms with Gasteiger partial charge in [-0.15, -0.1) is 11.3 Å². The number of benzene rings is 3. The number of halogens is 1. The molecule has 1 heterocycles. The van der Waals surface area contributed by atoms with Crippen LogP contribution in [-0.2, 0) is 26.2 Å². The molecule has 0 aliphatic rings. The molecule has 0 aliphatic heterocycles. The molecule has 0 spiro atoms. The molecule has 0 atom stereocenters. The highest BCUT2D eigenvalue weighted by Gasteiger charge is 2.21. The Bertz CT molecular complexity index is 1390. The quantitative estimate of drug-likeness (QED) is 0.297. The van der Waals surface area contributed by atoms with Gasteiger partial charge in [-0.05, 0) is 48.5 Å². The van der Waals surface area contributed by atoms with E-state index in [-0.39, 0.29) is 18.1 Å². The van der Waals surface area contributed by atoms with Gasteiger partial charge in [0.2, 0.25) is 0 Å². The molecule has 0 aliphatic carbocycles. The Morgan fingerprint density at radius 1 is 1.00 bits per heavy atom. The Labute approximate surface area is 206 Å². The van der Waals surface area contributed by atoms with Crippen molar-refractivity contribution >= 4 is 33.0 Å². The van der Waals surface area contributed by atoms with Crippen molar-refractivity contribution in [1.29, 1.82) is 0 Å². The van der Waals surface area contributed by atoms with Gasteiger partial charge in [-0.3, -0.25) is 4.31 Å². The minimum Gasteiger partial charge on any atom is -0.482 e. The van der Waals surface area contributed by atoms with Gasteiger partial charge in [0.05, 0.1) is 16.3 Å². The summed E-state index contributed by atoms with van der Waals surface area (Å²) >= 11 is 1.47. The van der Waals surface area contributed by atoms with Gasteiger partial charge < -0.3 is 9.47 Å². The number of ether oxygens (including phenoxy) is 2. The summed E-state index contributed by atoms with van der Waals surface area (Å²) in [5.74, 6) is -0.701. The Kier molecular flexibility index (Phi) is 7.42. The smallest absolute Gasteiger partial charge is 0.344 e. The first-order valence-corrected chi connectivity index (χ1v) is 12.8. The van der Waals surface area contributed by atoms with Crippen molar-refractivity contribution in [3.63, 3.8) is 0 Å². The van der Waals surface area contributed by atoms with E-state index in [1.807, 2.05) is 35.7 Å². The molecule has 35 heavy (non-hydrogen) atoms. The lowest BCUT2D eigenvalue weighted by Crippen LogP contribution is -2.26. The molecule has 0 bridgehead atoms. The fraction of sp³-hybridized carbons (Fsp3) is 0.120. The first-order valence-electron chi connectivity index (χ1n) is 10.5. The van der Waals surface area contributed by atoms with E-state index in [0.717, 1.165) is 27.0 Å². The van der Waals surface area contributed by atoms with Crippen molar-refractivity contribution in [3.05, 3.63) is 95.8 Å². The number of sulfonamides is 1. The number of hydrogen-bond donors (Lipinski definition) is 0. The molecule has 10 heteroatoms. The Morgan fingerprint density at radius 3 is 2.37 bits per heavy atom. The number of hydrogen-bond acceptors (Lipinski definition) is 7. The molecule has 7 nitrogen and oxygen atoms in total. The molecule has 180 valence electrons. The van der Waals surface area contributed by atoms with Crippen LogP contribution < -0.4 is 9.04 Å². The number of anilines is 1. The Balaban J connectivity index is 1.28. The van der Waals surface area contributed by atoms with Crippen LogP contribution in [0, 0.1) is 5.82 Å². The number of rotatable bonds is 9. The predicted molar refractivity (Wildman–Crippen MR) is 131 cm³/mol. The molecule has 1 aromatic heterocycles. The Hall–Kier alpha value is -3.76. The fourth-order valence-electron chi connectivity index (χ4n) is 3.08. The largest absolute Gasteiger partial charge is 0.482 e. The topological polar surface area (TPSA) is 85.8 Å². The van der Waals surface area contributed by atoms with E-state index in [1.54, 1.807) is 24.3 Å². The lowest BCUT2D eigenvalue weighted by atomic mass is 10.2. The summed E-state index contributed by atoms with van der Waals surface area (Å²) in [4.78, 5) is 16.5. The second-order valence-electron chi connectivity index (χ2n) is 7.38. The average molecular weight is 513 g/mol. The van der Waals surface area contributed by atoms with E-state index in [0.29, 0.717) is 17.1 Å². The first-order chi connectivity index (χ1) is 16.8. The molecular weight excluding hydrogens is 491 g/mol. The predicted octanol–water partition coefficient (Wildman–Crippen LogP) is 4.90. The van der Waals surface area contributed by atoms with Crippen LogP contribution in [0.25, 0.3) is 10.6 Å². The minimum atomic E-state index is -3.85. The van der Waals surface area contributed by atoms with E-state index in [9.17, 15) is 17.6 Å². The summed E-state index contributed by atoms with van der Waals surface area (Å²) < 4.78 is 50.3. The van der Waals surface area contributed by atoms with Crippen molar-refractivity contribution in [3.8, 4) is 16.3 Å². The molecule has 0 fully saturated rings. The number of carbonyl (C=O) groups excluding carboxylic acids is 1. The summed E-state index contributed by atoms with van der Waals surface area (Å²) in [5.41, 5.74) is 2.02. The highest BCUT2D eigenvalue weighted by Crippen LogP contribution is 2.25. The molecule has 4 aromatic rings. The third-order valence-corrected chi connectivity index (χ3v) is 7.72. The van der Waals surface area contributed by atoms with Gasteiger partial charge in [-0.2, -0.15) is 0 Å². The van der Waals surface area contributed by atoms with E-state index < -0.39 is 21.8 Å². The number of esters is 1. The van der Waals surface area contributed by atoms with Gasteiger partial charge in [0.15, 0.2) is 6.61 Å². The second kappa shape index (κ2) is 10.7. The first kappa shape index (κ1) is 24.4. The summed E-state index contributed by atoms with van der Waals surface area (Å²) in [5, 5.41) is 2.69. The molecule has 0 saturated heterocycles. The van der Waals surface area contributed by atoms with Gasteiger partial charge >= 0.3 is 5.97 Å². The molecular formula is C25H21FN2O5S2. The zero-order valence-corrected chi connectivity index (χ0v) is 20.3. The van der Waals surface area contributed by atoms with E-state index in [4.69, 9.17) is 9.47 Å². The lowest BCUT2D eigenvalue weighted by Gasteiger charge is -2.19. The summed E-state index contributed by atoms with van der Waals surface area (Å²) in [6.45, 7) is -0.269. The zero-order chi connectivity index (χ0) is 24.8. The van der Waals surface area contributed by atoms with Crippen molar-refractivity contribution in [2.24, 2.45) is 0 Å². The number of thiazole rings is 1. The highest BCUT2D eigenvalue weighted by molar-refractivity contribution is 7.92. The normalized spacial score (nSPS) is 11.1. The lowest BCUT2D eigenvalue weighted by molar-refractivity contribution is -0.147. The van der Waals surface area contributed by atoms with E-state index in [1.165, 1.54) is 30.5 Å². The van der Waals surface area contributed by atoms with Crippen molar-refractivity contribution in [2.75, 3.05) is 18.0 Å². The van der Waals surface area contributed by atoms with Gasteiger partial charge in [0, 0.05) is 18.0 Å².